The van der Waals surface area contributed by atoms with E-state index in [1.807, 2.05) is 4.90 Å². The van der Waals surface area contributed by atoms with Gasteiger partial charge in [0.2, 0.25) is 5.91 Å². The third kappa shape index (κ3) is 3.39. The summed E-state index contributed by atoms with van der Waals surface area (Å²) < 4.78 is 0. The van der Waals surface area contributed by atoms with Crippen LogP contribution in [-0.4, -0.2) is 45.8 Å². The molecule has 2 saturated carbocycles. The van der Waals surface area contributed by atoms with Gasteiger partial charge in [0, 0.05) is 31.4 Å². The SMILES string of the molecule is C[C@@H](NC(=O)c1cnc([C@H]2C[C@@H]2C)nc1)C(=O)N1CCC2(CC1)CC2. The Balaban J connectivity index is 1.31. The Bertz CT molecular complexity index is 673. The number of carbonyl (C=O) groups is 2. The van der Waals surface area contributed by atoms with Crippen LogP contribution in [0, 0.1) is 11.3 Å². The molecule has 6 heteroatoms. The molecule has 1 aromatic heterocycles. The van der Waals surface area contributed by atoms with Crippen LogP contribution in [0.3, 0.4) is 0 Å². The van der Waals surface area contributed by atoms with Crippen LogP contribution < -0.4 is 5.32 Å². The van der Waals surface area contributed by atoms with Crippen LogP contribution in [0.1, 0.15) is 68.1 Å². The first-order chi connectivity index (χ1) is 12.0. The zero-order valence-corrected chi connectivity index (χ0v) is 15.0. The minimum absolute atomic E-state index is 0.00759. The predicted octanol–water partition coefficient (Wildman–Crippen LogP) is 2.12. The molecule has 25 heavy (non-hydrogen) atoms. The molecule has 1 spiro atoms. The third-order valence-electron chi connectivity index (χ3n) is 6.19. The number of hydrogen-bond acceptors (Lipinski definition) is 4. The number of rotatable bonds is 4. The van der Waals surface area contributed by atoms with Gasteiger partial charge < -0.3 is 10.2 Å². The van der Waals surface area contributed by atoms with Crippen LogP contribution in [0.15, 0.2) is 12.4 Å². The number of nitrogens with one attached hydrogen (secondary N) is 1. The molecule has 0 unspecified atom stereocenters. The molecule has 0 bridgehead atoms. The van der Waals surface area contributed by atoms with Gasteiger partial charge in [0.05, 0.1) is 5.56 Å². The summed E-state index contributed by atoms with van der Waals surface area (Å²) in [6, 6.07) is -0.524. The molecule has 1 saturated heterocycles. The average Bonchev–Trinajstić information content (AvgIpc) is 3.54. The lowest BCUT2D eigenvalue weighted by atomic mass is 9.93. The summed E-state index contributed by atoms with van der Waals surface area (Å²) in [7, 11) is 0. The van der Waals surface area contributed by atoms with Gasteiger partial charge >= 0.3 is 0 Å². The number of carbonyl (C=O) groups excluding carboxylic acids is 2. The van der Waals surface area contributed by atoms with E-state index in [-0.39, 0.29) is 11.8 Å². The molecule has 2 amide bonds. The Morgan fingerprint density at radius 1 is 1.20 bits per heavy atom. The van der Waals surface area contributed by atoms with Crippen molar-refractivity contribution in [1.82, 2.24) is 20.2 Å². The van der Waals surface area contributed by atoms with E-state index < -0.39 is 6.04 Å². The third-order valence-corrected chi connectivity index (χ3v) is 6.19. The van der Waals surface area contributed by atoms with Crippen molar-refractivity contribution >= 4 is 11.8 Å². The topological polar surface area (TPSA) is 75.2 Å². The minimum Gasteiger partial charge on any atom is -0.341 e. The lowest BCUT2D eigenvalue weighted by Crippen LogP contribution is -2.49. The van der Waals surface area contributed by atoms with Crippen molar-refractivity contribution in [2.24, 2.45) is 11.3 Å². The van der Waals surface area contributed by atoms with Crippen LogP contribution in [0.5, 0.6) is 0 Å². The normalized spacial score (nSPS) is 27.7. The Morgan fingerprint density at radius 2 is 1.80 bits per heavy atom. The van der Waals surface area contributed by atoms with Gasteiger partial charge in [-0.3, -0.25) is 9.59 Å². The summed E-state index contributed by atoms with van der Waals surface area (Å²) in [5.74, 6) is 1.61. The number of nitrogens with zero attached hydrogens (tertiary/aromatic N) is 3. The molecule has 6 nitrogen and oxygen atoms in total. The average molecular weight is 342 g/mol. The molecule has 4 rings (SSSR count). The van der Waals surface area contributed by atoms with Crippen LogP contribution >= 0.6 is 0 Å². The number of amides is 2. The summed E-state index contributed by atoms with van der Waals surface area (Å²) in [4.78, 5) is 35.4. The Hall–Kier alpha value is -1.98. The summed E-state index contributed by atoms with van der Waals surface area (Å²) in [6.07, 6.45) is 9.10. The maximum atomic E-state index is 12.6. The molecule has 2 aliphatic carbocycles. The first-order valence-corrected chi connectivity index (χ1v) is 9.39. The van der Waals surface area contributed by atoms with Crippen molar-refractivity contribution in [2.75, 3.05) is 13.1 Å². The Kier molecular flexibility index (Phi) is 4.01. The molecule has 3 atom stereocenters. The second-order valence-electron chi connectivity index (χ2n) is 8.17. The molecule has 3 aliphatic rings. The van der Waals surface area contributed by atoms with Gasteiger partial charge in [-0.2, -0.15) is 0 Å². The number of aromatic nitrogens is 2. The molecule has 2 heterocycles. The second kappa shape index (κ2) is 6.07. The fourth-order valence-corrected chi connectivity index (χ4v) is 3.82. The fraction of sp³-hybridized carbons (Fsp3) is 0.684. The van der Waals surface area contributed by atoms with Gasteiger partial charge in [0.25, 0.3) is 5.91 Å². The predicted molar refractivity (Wildman–Crippen MR) is 93.0 cm³/mol. The van der Waals surface area contributed by atoms with Crippen molar-refractivity contribution in [3.05, 3.63) is 23.8 Å². The lowest BCUT2D eigenvalue weighted by Gasteiger charge is -2.33. The van der Waals surface area contributed by atoms with Gasteiger partial charge in [-0.05, 0) is 50.4 Å². The fourth-order valence-electron chi connectivity index (χ4n) is 3.82. The maximum Gasteiger partial charge on any atom is 0.255 e. The van der Waals surface area contributed by atoms with Gasteiger partial charge in [-0.25, -0.2) is 9.97 Å². The quantitative estimate of drug-likeness (QED) is 0.909. The standard InChI is InChI=1S/C19H26N4O2/c1-12-9-15(12)16-20-10-14(11-21-16)17(24)22-13(2)18(25)23-7-5-19(3-4-19)6-8-23/h10-13,15H,3-9H2,1-2H3,(H,22,24)/t12-,13+,15-/m0/s1. The van der Waals surface area contributed by atoms with Crippen LogP contribution in [-0.2, 0) is 4.79 Å². The molecular formula is C19H26N4O2. The second-order valence-corrected chi connectivity index (χ2v) is 8.17. The van der Waals surface area contributed by atoms with Gasteiger partial charge in [0.1, 0.15) is 11.9 Å². The highest BCUT2D eigenvalue weighted by Crippen LogP contribution is 2.53. The highest BCUT2D eigenvalue weighted by molar-refractivity contribution is 5.97. The van der Waals surface area contributed by atoms with Crippen molar-refractivity contribution in [2.45, 2.75) is 57.9 Å². The van der Waals surface area contributed by atoms with E-state index in [2.05, 4.69) is 22.2 Å². The molecule has 3 fully saturated rings. The first kappa shape index (κ1) is 16.5. The summed E-state index contributed by atoms with van der Waals surface area (Å²) >= 11 is 0. The Labute approximate surface area is 148 Å². The molecule has 1 aromatic rings. The molecule has 0 radical (unpaired) electrons. The van der Waals surface area contributed by atoms with Crippen molar-refractivity contribution < 1.29 is 9.59 Å². The number of likely N-dealkylation sites (tertiary alicyclic amines) is 1. The zero-order valence-electron chi connectivity index (χ0n) is 15.0. The first-order valence-electron chi connectivity index (χ1n) is 9.39. The van der Waals surface area contributed by atoms with E-state index in [9.17, 15) is 9.59 Å². The summed E-state index contributed by atoms with van der Waals surface area (Å²) in [6.45, 7) is 5.56. The highest BCUT2D eigenvalue weighted by atomic mass is 16.2. The number of piperidine rings is 1. The van der Waals surface area contributed by atoms with Crippen molar-refractivity contribution in [3.63, 3.8) is 0 Å². The zero-order chi connectivity index (χ0) is 17.6. The van der Waals surface area contributed by atoms with Crippen LogP contribution in [0.2, 0.25) is 0 Å². The molecule has 0 aromatic carbocycles. The largest absolute Gasteiger partial charge is 0.341 e. The van der Waals surface area contributed by atoms with Crippen molar-refractivity contribution in [3.8, 4) is 0 Å². The monoisotopic (exact) mass is 342 g/mol. The molecular weight excluding hydrogens is 316 g/mol. The molecule has 134 valence electrons. The van der Waals surface area contributed by atoms with E-state index in [1.165, 1.54) is 12.8 Å². The van der Waals surface area contributed by atoms with E-state index in [0.717, 1.165) is 38.2 Å². The van der Waals surface area contributed by atoms with E-state index in [4.69, 9.17) is 0 Å². The van der Waals surface area contributed by atoms with Gasteiger partial charge in [0.15, 0.2) is 0 Å². The van der Waals surface area contributed by atoms with E-state index in [0.29, 0.717) is 22.8 Å². The lowest BCUT2D eigenvalue weighted by molar-refractivity contribution is -0.134. The van der Waals surface area contributed by atoms with E-state index in [1.54, 1.807) is 19.3 Å². The molecule has 1 aliphatic heterocycles. The van der Waals surface area contributed by atoms with Crippen molar-refractivity contribution in [1.29, 1.82) is 0 Å². The highest BCUT2D eigenvalue weighted by Gasteiger charge is 2.45. The Morgan fingerprint density at radius 3 is 2.32 bits per heavy atom. The van der Waals surface area contributed by atoms with E-state index >= 15 is 0 Å². The van der Waals surface area contributed by atoms with Crippen LogP contribution in [0.4, 0.5) is 0 Å². The minimum atomic E-state index is -0.524. The van der Waals surface area contributed by atoms with Gasteiger partial charge in [-0.1, -0.05) is 6.92 Å². The van der Waals surface area contributed by atoms with Gasteiger partial charge in [-0.15, -0.1) is 0 Å². The molecule has 1 N–H and O–H groups in total. The maximum absolute atomic E-state index is 12.6. The van der Waals surface area contributed by atoms with Crippen LogP contribution in [0.25, 0.3) is 0 Å². The number of hydrogen-bond donors (Lipinski definition) is 1. The summed E-state index contributed by atoms with van der Waals surface area (Å²) in [5, 5.41) is 2.79. The summed E-state index contributed by atoms with van der Waals surface area (Å²) in [5.41, 5.74) is 0.953. The smallest absolute Gasteiger partial charge is 0.255 e.